The molecule has 0 aliphatic heterocycles. The van der Waals surface area contributed by atoms with E-state index < -0.39 is 31.0 Å². The van der Waals surface area contributed by atoms with Gasteiger partial charge in [-0.2, -0.15) is 13.2 Å². The Bertz CT molecular complexity index is 183. The molecule has 0 saturated carbocycles. The Hall–Kier alpha value is -0.860. The van der Waals surface area contributed by atoms with E-state index in [2.05, 4.69) is 0 Å². The van der Waals surface area contributed by atoms with E-state index in [1.165, 1.54) is 0 Å². The SMILES string of the molecule is O=C(NC(O)C(O)CO)C(F)(F)F. The highest BCUT2D eigenvalue weighted by molar-refractivity contribution is 5.81. The van der Waals surface area contributed by atoms with Crippen LogP contribution in [0.15, 0.2) is 0 Å². The van der Waals surface area contributed by atoms with Gasteiger partial charge < -0.3 is 20.6 Å². The van der Waals surface area contributed by atoms with Gasteiger partial charge in [-0.05, 0) is 0 Å². The van der Waals surface area contributed by atoms with Crippen molar-refractivity contribution in [2.75, 3.05) is 6.61 Å². The van der Waals surface area contributed by atoms with E-state index in [1.54, 1.807) is 0 Å². The summed E-state index contributed by atoms with van der Waals surface area (Å²) in [7, 11) is 0. The molecule has 0 bridgehead atoms. The Labute approximate surface area is 70.8 Å². The topological polar surface area (TPSA) is 89.8 Å². The minimum absolute atomic E-state index is 0.959. The number of aliphatic hydroxyl groups is 3. The number of carbonyl (C=O) groups excluding carboxylic acids is 1. The molecule has 13 heavy (non-hydrogen) atoms. The average Bonchev–Trinajstić information content (AvgIpc) is 2.01. The molecule has 0 heterocycles. The van der Waals surface area contributed by atoms with Crippen molar-refractivity contribution < 1.29 is 33.3 Å². The zero-order valence-electron chi connectivity index (χ0n) is 6.25. The van der Waals surface area contributed by atoms with Crippen molar-refractivity contribution in [3.05, 3.63) is 0 Å². The first-order chi connectivity index (χ1) is 5.79. The molecule has 2 atom stereocenters. The van der Waals surface area contributed by atoms with Crippen LogP contribution in [0.5, 0.6) is 0 Å². The summed E-state index contributed by atoms with van der Waals surface area (Å²) >= 11 is 0. The van der Waals surface area contributed by atoms with Gasteiger partial charge in [0.2, 0.25) is 0 Å². The molecule has 0 fully saturated rings. The standard InChI is InChI=1S/C5H8F3NO4/c6-5(7,8)4(13)9-3(12)2(11)1-10/h2-3,10-12H,1H2,(H,9,13). The number of alkyl halides is 3. The highest BCUT2D eigenvalue weighted by Crippen LogP contribution is 2.14. The summed E-state index contributed by atoms with van der Waals surface area (Å²) in [6, 6.07) is 0. The van der Waals surface area contributed by atoms with Crippen molar-refractivity contribution in [2.45, 2.75) is 18.5 Å². The lowest BCUT2D eigenvalue weighted by molar-refractivity contribution is -0.179. The zero-order chi connectivity index (χ0) is 10.6. The molecular formula is C5H8F3NO4. The first-order valence-corrected chi connectivity index (χ1v) is 3.13. The summed E-state index contributed by atoms with van der Waals surface area (Å²) in [4.78, 5) is 10.1. The largest absolute Gasteiger partial charge is 0.471 e. The van der Waals surface area contributed by atoms with E-state index in [1.807, 2.05) is 0 Å². The summed E-state index contributed by atoms with van der Waals surface area (Å²) in [5.41, 5.74) is 0. The van der Waals surface area contributed by atoms with Crippen molar-refractivity contribution in [3.8, 4) is 0 Å². The van der Waals surface area contributed by atoms with E-state index in [9.17, 15) is 18.0 Å². The van der Waals surface area contributed by atoms with Gasteiger partial charge in [-0.1, -0.05) is 0 Å². The van der Waals surface area contributed by atoms with E-state index >= 15 is 0 Å². The highest BCUT2D eigenvalue weighted by atomic mass is 19.4. The molecule has 0 aromatic carbocycles. The van der Waals surface area contributed by atoms with Crippen molar-refractivity contribution in [1.29, 1.82) is 0 Å². The van der Waals surface area contributed by atoms with Crippen LogP contribution in [0.2, 0.25) is 0 Å². The Kier molecular flexibility index (Phi) is 4.11. The second kappa shape index (κ2) is 4.40. The first kappa shape index (κ1) is 12.1. The minimum Gasteiger partial charge on any atom is -0.394 e. The number of rotatable bonds is 3. The van der Waals surface area contributed by atoms with E-state index in [0.29, 0.717) is 0 Å². The smallest absolute Gasteiger partial charge is 0.394 e. The van der Waals surface area contributed by atoms with Gasteiger partial charge in [-0.25, -0.2) is 0 Å². The lowest BCUT2D eigenvalue weighted by atomic mass is 10.3. The van der Waals surface area contributed by atoms with Crippen LogP contribution in [-0.4, -0.2) is 46.3 Å². The van der Waals surface area contributed by atoms with Crippen LogP contribution < -0.4 is 5.32 Å². The highest BCUT2D eigenvalue weighted by Gasteiger charge is 2.40. The molecule has 2 unspecified atom stereocenters. The second-order valence-corrected chi connectivity index (χ2v) is 2.17. The maximum Gasteiger partial charge on any atom is 0.471 e. The van der Waals surface area contributed by atoms with E-state index in [4.69, 9.17) is 15.3 Å². The van der Waals surface area contributed by atoms with Crippen molar-refractivity contribution in [3.63, 3.8) is 0 Å². The molecule has 0 radical (unpaired) electrons. The Balaban J connectivity index is 4.07. The predicted octanol–water partition coefficient (Wildman–Crippen LogP) is -1.66. The normalized spacial score (nSPS) is 16.5. The predicted molar refractivity (Wildman–Crippen MR) is 33.3 cm³/mol. The van der Waals surface area contributed by atoms with Gasteiger partial charge in [0.15, 0.2) is 6.23 Å². The Morgan fingerprint density at radius 1 is 1.38 bits per heavy atom. The molecule has 0 spiro atoms. The number of halogens is 3. The molecular weight excluding hydrogens is 195 g/mol. The lowest BCUT2D eigenvalue weighted by Crippen LogP contribution is -2.49. The molecule has 0 aliphatic carbocycles. The van der Waals surface area contributed by atoms with Crippen molar-refractivity contribution in [2.24, 2.45) is 0 Å². The van der Waals surface area contributed by atoms with E-state index in [0.717, 1.165) is 5.32 Å². The molecule has 4 N–H and O–H groups in total. The molecule has 0 saturated heterocycles. The number of amides is 1. The van der Waals surface area contributed by atoms with Crippen LogP contribution in [0, 0.1) is 0 Å². The van der Waals surface area contributed by atoms with Crippen LogP contribution in [0.25, 0.3) is 0 Å². The number of carbonyl (C=O) groups is 1. The van der Waals surface area contributed by atoms with Gasteiger partial charge in [-0.3, -0.25) is 4.79 Å². The Morgan fingerprint density at radius 3 is 2.15 bits per heavy atom. The summed E-state index contributed by atoms with van der Waals surface area (Å²) in [6.45, 7) is -0.959. The van der Waals surface area contributed by atoms with Gasteiger partial charge in [0.05, 0.1) is 6.61 Å². The van der Waals surface area contributed by atoms with Crippen LogP contribution in [0.1, 0.15) is 0 Å². The quantitative estimate of drug-likeness (QED) is 0.413. The van der Waals surface area contributed by atoms with Crippen LogP contribution in [0.3, 0.4) is 0 Å². The maximum atomic E-state index is 11.5. The van der Waals surface area contributed by atoms with Gasteiger partial charge in [0.1, 0.15) is 6.10 Å². The molecule has 5 nitrogen and oxygen atoms in total. The average molecular weight is 203 g/mol. The molecule has 0 aliphatic rings. The van der Waals surface area contributed by atoms with E-state index in [-0.39, 0.29) is 0 Å². The summed E-state index contributed by atoms with van der Waals surface area (Å²) < 4.78 is 34.5. The molecule has 1 amide bonds. The monoisotopic (exact) mass is 203 g/mol. The van der Waals surface area contributed by atoms with Crippen LogP contribution in [-0.2, 0) is 4.79 Å². The van der Waals surface area contributed by atoms with Gasteiger partial charge in [0.25, 0.3) is 0 Å². The molecule has 8 heteroatoms. The first-order valence-electron chi connectivity index (χ1n) is 3.13. The lowest BCUT2D eigenvalue weighted by Gasteiger charge is -2.17. The number of hydrogen-bond acceptors (Lipinski definition) is 4. The van der Waals surface area contributed by atoms with Crippen LogP contribution >= 0.6 is 0 Å². The third-order valence-electron chi connectivity index (χ3n) is 1.09. The fourth-order valence-corrected chi connectivity index (χ4v) is 0.412. The van der Waals surface area contributed by atoms with Gasteiger partial charge >= 0.3 is 12.1 Å². The zero-order valence-corrected chi connectivity index (χ0v) is 6.25. The van der Waals surface area contributed by atoms with Gasteiger partial charge in [-0.15, -0.1) is 0 Å². The number of hydrogen-bond donors (Lipinski definition) is 4. The Morgan fingerprint density at radius 2 is 1.85 bits per heavy atom. The maximum absolute atomic E-state index is 11.5. The summed E-state index contributed by atoms with van der Waals surface area (Å²) in [5.74, 6) is -2.38. The minimum atomic E-state index is -5.13. The molecule has 0 aromatic rings. The fraction of sp³-hybridized carbons (Fsp3) is 0.800. The molecule has 0 rings (SSSR count). The fourth-order valence-electron chi connectivity index (χ4n) is 0.412. The third-order valence-corrected chi connectivity index (χ3v) is 1.09. The second-order valence-electron chi connectivity index (χ2n) is 2.17. The van der Waals surface area contributed by atoms with Crippen molar-refractivity contribution in [1.82, 2.24) is 5.32 Å². The van der Waals surface area contributed by atoms with Crippen molar-refractivity contribution >= 4 is 5.91 Å². The molecule has 78 valence electrons. The summed E-state index contributed by atoms with van der Waals surface area (Å²) in [5, 5.41) is 26.4. The van der Waals surface area contributed by atoms with Crippen LogP contribution in [0.4, 0.5) is 13.2 Å². The third kappa shape index (κ3) is 4.06. The van der Waals surface area contributed by atoms with Gasteiger partial charge in [0, 0.05) is 0 Å². The summed E-state index contributed by atoms with van der Waals surface area (Å²) in [6.07, 6.45) is -9.11. The molecule has 0 aromatic heterocycles. The number of aliphatic hydroxyl groups excluding tert-OH is 3. The number of nitrogens with one attached hydrogen (secondary N) is 1.